The number of thiophene rings is 1. The fourth-order valence-electron chi connectivity index (χ4n) is 3.93. The van der Waals surface area contributed by atoms with Crippen LogP contribution in [0, 0.1) is 13.8 Å². The number of fused-ring (bicyclic) bond motifs is 1. The molecule has 2 N–H and O–H groups in total. The first-order valence-electron chi connectivity index (χ1n) is 10.2. The lowest BCUT2D eigenvalue weighted by Crippen LogP contribution is -2.42. The van der Waals surface area contributed by atoms with Crippen LogP contribution in [0.25, 0.3) is 4.83 Å². The highest BCUT2D eigenvalue weighted by atomic mass is 79.9. The Morgan fingerprint density at radius 1 is 1.26 bits per heavy atom. The summed E-state index contributed by atoms with van der Waals surface area (Å²) in [6.45, 7) is 10.9. The number of amides is 2. The van der Waals surface area contributed by atoms with Gasteiger partial charge in [-0.2, -0.15) is 5.10 Å². The Morgan fingerprint density at radius 2 is 2.03 bits per heavy atom. The van der Waals surface area contributed by atoms with Crippen LogP contribution in [0.5, 0.6) is 0 Å². The van der Waals surface area contributed by atoms with Gasteiger partial charge in [0.1, 0.15) is 4.83 Å². The van der Waals surface area contributed by atoms with E-state index in [-0.39, 0.29) is 17.4 Å². The molecule has 4 heterocycles. The summed E-state index contributed by atoms with van der Waals surface area (Å²) in [7, 11) is 0. The molecule has 0 aromatic carbocycles. The van der Waals surface area contributed by atoms with Crippen LogP contribution in [0.2, 0.25) is 0 Å². The SMILES string of the molecule is Cc1cc(C(=O)NCCN2CCCC2(C)C)sc1NC(=O)c1cnn2c(C)c(Br)sc12. The van der Waals surface area contributed by atoms with E-state index in [0.717, 1.165) is 33.0 Å². The van der Waals surface area contributed by atoms with Gasteiger partial charge in [0, 0.05) is 18.6 Å². The summed E-state index contributed by atoms with van der Waals surface area (Å²) in [4.78, 5) is 29.3. The molecule has 1 saturated heterocycles. The molecule has 166 valence electrons. The normalized spacial score (nSPS) is 16.2. The van der Waals surface area contributed by atoms with Crippen molar-refractivity contribution in [3.8, 4) is 0 Å². The van der Waals surface area contributed by atoms with Gasteiger partial charge < -0.3 is 10.6 Å². The van der Waals surface area contributed by atoms with E-state index in [4.69, 9.17) is 0 Å². The van der Waals surface area contributed by atoms with Crippen LogP contribution in [0.4, 0.5) is 5.00 Å². The number of likely N-dealkylation sites (tertiary alicyclic amines) is 1. The Labute approximate surface area is 197 Å². The summed E-state index contributed by atoms with van der Waals surface area (Å²) >= 11 is 6.27. The largest absolute Gasteiger partial charge is 0.350 e. The van der Waals surface area contributed by atoms with Crippen molar-refractivity contribution >= 4 is 60.2 Å². The molecule has 1 aliphatic heterocycles. The molecule has 2 amide bonds. The maximum Gasteiger partial charge on any atom is 0.261 e. The van der Waals surface area contributed by atoms with Gasteiger partial charge in [-0.3, -0.25) is 14.5 Å². The minimum Gasteiger partial charge on any atom is -0.350 e. The number of hydrogen-bond donors (Lipinski definition) is 2. The lowest BCUT2D eigenvalue weighted by molar-refractivity contribution is 0.0943. The first-order chi connectivity index (χ1) is 14.7. The van der Waals surface area contributed by atoms with Gasteiger partial charge in [-0.1, -0.05) is 0 Å². The van der Waals surface area contributed by atoms with Gasteiger partial charge in [0.2, 0.25) is 0 Å². The Kier molecular flexibility index (Phi) is 6.26. The second-order valence-electron chi connectivity index (χ2n) is 8.47. The predicted molar refractivity (Wildman–Crippen MR) is 130 cm³/mol. The molecule has 0 atom stereocenters. The standard InChI is InChI=1S/C21H26BrN5O2S2/c1-12-10-15(18(29)23-7-9-26-8-5-6-21(26,3)4)30-19(12)25-17(28)14-11-24-27-13(2)16(22)31-20(14)27/h10-11H,5-9H2,1-4H3,(H,23,29)(H,25,28). The Hall–Kier alpha value is -1.75. The lowest BCUT2D eigenvalue weighted by atomic mass is 10.0. The van der Waals surface area contributed by atoms with Crippen LogP contribution in [-0.2, 0) is 0 Å². The summed E-state index contributed by atoms with van der Waals surface area (Å²) < 4.78 is 2.71. The third-order valence-corrected chi connectivity index (χ3v) is 9.14. The number of nitrogens with zero attached hydrogens (tertiary/aromatic N) is 3. The van der Waals surface area contributed by atoms with Gasteiger partial charge in [0.15, 0.2) is 0 Å². The number of hydrogen-bond acceptors (Lipinski definition) is 6. The summed E-state index contributed by atoms with van der Waals surface area (Å²) in [5.41, 5.74) is 2.56. The second kappa shape index (κ2) is 8.65. The number of rotatable bonds is 6. The number of aromatic nitrogens is 2. The Bertz CT molecular complexity index is 1150. The van der Waals surface area contributed by atoms with Gasteiger partial charge in [-0.05, 0) is 74.6 Å². The van der Waals surface area contributed by atoms with Gasteiger partial charge >= 0.3 is 0 Å². The van der Waals surface area contributed by atoms with Crippen molar-refractivity contribution in [2.75, 3.05) is 25.0 Å². The summed E-state index contributed by atoms with van der Waals surface area (Å²) in [6.07, 6.45) is 3.98. The highest BCUT2D eigenvalue weighted by Gasteiger charge is 2.31. The van der Waals surface area contributed by atoms with E-state index in [9.17, 15) is 9.59 Å². The van der Waals surface area contributed by atoms with E-state index in [2.05, 4.69) is 50.4 Å². The van der Waals surface area contributed by atoms with E-state index in [1.165, 1.54) is 35.5 Å². The zero-order chi connectivity index (χ0) is 22.3. The van der Waals surface area contributed by atoms with Crippen molar-refractivity contribution < 1.29 is 9.59 Å². The molecule has 0 unspecified atom stereocenters. The molecule has 3 aromatic rings. The molecule has 1 aliphatic rings. The number of aryl methyl sites for hydroxylation is 2. The van der Waals surface area contributed by atoms with Crippen molar-refractivity contribution in [2.24, 2.45) is 0 Å². The second-order valence-corrected chi connectivity index (χ2v) is 11.8. The zero-order valence-electron chi connectivity index (χ0n) is 18.0. The Balaban J connectivity index is 1.39. The van der Waals surface area contributed by atoms with E-state index in [0.29, 0.717) is 22.0 Å². The van der Waals surface area contributed by atoms with E-state index in [1.807, 2.05) is 19.9 Å². The zero-order valence-corrected chi connectivity index (χ0v) is 21.3. The van der Waals surface area contributed by atoms with E-state index >= 15 is 0 Å². The maximum atomic E-state index is 12.8. The van der Waals surface area contributed by atoms with Gasteiger partial charge in [0.25, 0.3) is 11.8 Å². The smallest absolute Gasteiger partial charge is 0.261 e. The number of halogens is 1. The van der Waals surface area contributed by atoms with Crippen LogP contribution >= 0.6 is 38.6 Å². The highest BCUT2D eigenvalue weighted by molar-refractivity contribution is 9.11. The van der Waals surface area contributed by atoms with Gasteiger partial charge in [-0.15, -0.1) is 22.7 Å². The third kappa shape index (κ3) is 4.44. The minimum absolute atomic E-state index is 0.101. The molecule has 0 bridgehead atoms. The molecule has 31 heavy (non-hydrogen) atoms. The fraction of sp³-hybridized carbons (Fsp3) is 0.476. The number of anilines is 1. The predicted octanol–water partition coefficient (Wildman–Crippen LogP) is 4.69. The summed E-state index contributed by atoms with van der Waals surface area (Å²) in [6, 6.07) is 1.83. The van der Waals surface area contributed by atoms with Crippen LogP contribution in [0.1, 0.15) is 58.0 Å². The van der Waals surface area contributed by atoms with Crippen LogP contribution < -0.4 is 10.6 Å². The minimum atomic E-state index is -0.225. The van der Waals surface area contributed by atoms with Crippen LogP contribution in [-0.4, -0.2) is 51.5 Å². The Morgan fingerprint density at radius 3 is 2.74 bits per heavy atom. The van der Waals surface area contributed by atoms with Crippen molar-refractivity contribution in [1.29, 1.82) is 0 Å². The fourth-order valence-corrected chi connectivity index (χ4v) is 6.47. The van der Waals surface area contributed by atoms with Gasteiger partial charge in [-0.25, -0.2) is 4.52 Å². The molecule has 7 nitrogen and oxygen atoms in total. The molecular formula is C21H26BrN5O2S2. The first-order valence-corrected chi connectivity index (χ1v) is 12.7. The quantitative estimate of drug-likeness (QED) is 0.491. The molecule has 0 aliphatic carbocycles. The summed E-state index contributed by atoms with van der Waals surface area (Å²) in [5, 5.41) is 11.0. The number of carbonyl (C=O) groups is 2. The molecule has 0 spiro atoms. The van der Waals surface area contributed by atoms with Crippen LogP contribution in [0.15, 0.2) is 16.0 Å². The monoisotopic (exact) mass is 523 g/mol. The average Bonchev–Trinajstić information content (AvgIpc) is 3.43. The number of carbonyl (C=O) groups excluding carboxylic acids is 2. The molecular weight excluding hydrogens is 498 g/mol. The number of thiazole rings is 1. The molecule has 10 heteroatoms. The molecule has 4 rings (SSSR count). The van der Waals surface area contributed by atoms with Gasteiger partial charge in [0.05, 0.1) is 31.1 Å². The number of nitrogens with one attached hydrogen (secondary N) is 2. The molecule has 3 aromatic heterocycles. The average molecular weight is 525 g/mol. The molecule has 1 fully saturated rings. The van der Waals surface area contributed by atoms with E-state index in [1.54, 1.807) is 10.7 Å². The van der Waals surface area contributed by atoms with Crippen molar-refractivity contribution in [3.05, 3.63) is 37.7 Å². The topological polar surface area (TPSA) is 78.7 Å². The molecule has 0 saturated carbocycles. The summed E-state index contributed by atoms with van der Waals surface area (Å²) in [5.74, 6) is -0.326. The van der Waals surface area contributed by atoms with Crippen molar-refractivity contribution in [1.82, 2.24) is 19.8 Å². The van der Waals surface area contributed by atoms with Crippen molar-refractivity contribution in [2.45, 2.75) is 46.1 Å². The lowest BCUT2D eigenvalue weighted by Gasteiger charge is -2.31. The first kappa shape index (κ1) is 22.4. The molecule has 0 radical (unpaired) electrons. The van der Waals surface area contributed by atoms with Crippen molar-refractivity contribution in [3.63, 3.8) is 0 Å². The maximum absolute atomic E-state index is 12.8. The third-order valence-electron chi connectivity index (χ3n) is 5.87. The van der Waals surface area contributed by atoms with E-state index < -0.39 is 0 Å². The van der Waals surface area contributed by atoms with Crippen LogP contribution in [0.3, 0.4) is 0 Å². The highest BCUT2D eigenvalue weighted by Crippen LogP contribution is 2.32.